The van der Waals surface area contributed by atoms with Crippen molar-refractivity contribution in [2.45, 2.75) is 65.3 Å². The van der Waals surface area contributed by atoms with Crippen molar-refractivity contribution >= 4 is 0 Å². The van der Waals surface area contributed by atoms with E-state index in [0.29, 0.717) is 0 Å². The molecule has 3 atom stereocenters. The van der Waals surface area contributed by atoms with Crippen LogP contribution in [0.15, 0.2) is 0 Å². The molecule has 1 fully saturated rings. The van der Waals surface area contributed by atoms with Crippen molar-refractivity contribution in [1.82, 2.24) is 5.32 Å². The predicted molar refractivity (Wildman–Crippen MR) is 63.5 cm³/mol. The highest BCUT2D eigenvalue weighted by Gasteiger charge is 2.27. The monoisotopic (exact) mass is 197 g/mol. The van der Waals surface area contributed by atoms with Gasteiger partial charge in [0.2, 0.25) is 0 Å². The van der Waals surface area contributed by atoms with Crippen LogP contribution in [0.2, 0.25) is 0 Å². The van der Waals surface area contributed by atoms with E-state index in [1.54, 1.807) is 0 Å². The van der Waals surface area contributed by atoms with Gasteiger partial charge in [-0.15, -0.1) is 0 Å². The lowest BCUT2D eigenvalue weighted by Crippen LogP contribution is -2.40. The molecule has 0 saturated heterocycles. The maximum atomic E-state index is 3.66. The highest BCUT2D eigenvalue weighted by atomic mass is 14.9. The Labute approximate surface area is 89.7 Å². The average molecular weight is 197 g/mol. The lowest BCUT2D eigenvalue weighted by atomic mass is 9.76. The molecule has 0 aromatic heterocycles. The minimum Gasteiger partial charge on any atom is -0.314 e. The zero-order valence-electron chi connectivity index (χ0n) is 10.2. The molecule has 1 aliphatic rings. The van der Waals surface area contributed by atoms with E-state index in [0.717, 1.165) is 24.4 Å². The van der Waals surface area contributed by atoms with Gasteiger partial charge < -0.3 is 5.32 Å². The fourth-order valence-electron chi connectivity index (χ4n) is 2.81. The first-order chi connectivity index (χ1) is 6.77. The quantitative estimate of drug-likeness (QED) is 0.710. The second kappa shape index (κ2) is 6.44. The molecular weight excluding hydrogens is 170 g/mol. The van der Waals surface area contributed by atoms with Crippen LogP contribution in [0.3, 0.4) is 0 Å². The minimum absolute atomic E-state index is 0.822. The molecule has 0 aliphatic heterocycles. The highest BCUT2D eigenvalue weighted by Crippen LogP contribution is 2.32. The van der Waals surface area contributed by atoms with Gasteiger partial charge in [-0.2, -0.15) is 0 Å². The Balaban J connectivity index is 2.37. The lowest BCUT2D eigenvalue weighted by molar-refractivity contribution is 0.202. The van der Waals surface area contributed by atoms with Crippen LogP contribution in [0.5, 0.6) is 0 Å². The summed E-state index contributed by atoms with van der Waals surface area (Å²) in [6, 6.07) is 0.822. The largest absolute Gasteiger partial charge is 0.314 e. The molecule has 0 amide bonds. The molecule has 0 radical (unpaired) electrons. The molecule has 0 heterocycles. The van der Waals surface area contributed by atoms with Crippen LogP contribution >= 0.6 is 0 Å². The number of nitrogens with one attached hydrogen (secondary N) is 1. The van der Waals surface area contributed by atoms with Gasteiger partial charge in [-0.1, -0.05) is 33.6 Å². The van der Waals surface area contributed by atoms with Gasteiger partial charge in [0.05, 0.1) is 0 Å². The van der Waals surface area contributed by atoms with Gasteiger partial charge in [0.1, 0.15) is 0 Å². The van der Waals surface area contributed by atoms with Crippen LogP contribution in [0.1, 0.15) is 59.3 Å². The van der Waals surface area contributed by atoms with Gasteiger partial charge in [0.15, 0.2) is 0 Å². The van der Waals surface area contributed by atoms with Gasteiger partial charge >= 0.3 is 0 Å². The predicted octanol–water partition coefficient (Wildman–Crippen LogP) is 3.59. The summed E-state index contributed by atoms with van der Waals surface area (Å²) in [6.45, 7) is 8.09. The molecule has 1 rings (SSSR count). The van der Waals surface area contributed by atoms with Crippen molar-refractivity contribution in [3.05, 3.63) is 0 Å². The SMILES string of the molecule is CCCCC1CC(C)CCC1NCC. The maximum absolute atomic E-state index is 3.66. The molecule has 1 saturated carbocycles. The zero-order chi connectivity index (χ0) is 10.4. The molecule has 1 heteroatoms. The Kier molecular flexibility index (Phi) is 5.54. The summed E-state index contributed by atoms with van der Waals surface area (Å²) in [7, 11) is 0. The second-order valence-electron chi connectivity index (χ2n) is 4.98. The van der Waals surface area contributed by atoms with Crippen molar-refractivity contribution in [2.75, 3.05) is 6.54 Å². The fourth-order valence-corrected chi connectivity index (χ4v) is 2.81. The van der Waals surface area contributed by atoms with E-state index in [2.05, 4.69) is 26.1 Å². The Morgan fingerprint density at radius 2 is 2.00 bits per heavy atom. The van der Waals surface area contributed by atoms with Crippen LogP contribution in [-0.4, -0.2) is 12.6 Å². The molecule has 0 bridgehead atoms. The third-order valence-corrected chi connectivity index (χ3v) is 3.64. The number of hydrogen-bond donors (Lipinski definition) is 1. The Morgan fingerprint density at radius 1 is 1.21 bits per heavy atom. The van der Waals surface area contributed by atoms with E-state index in [1.165, 1.54) is 38.5 Å². The molecule has 0 spiro atoms. The van der Waals surface area contributed by atoms with Crippen LogP contribution in [-0.2, 0) is 0 Å². The van der Waals surface area contributed by atoms with Crippen LogP contribution < -0.4 is 5.32 Å². The smallest absolute Gasteiger partial charge is 0.00954 e. The summed E-state index contributed by atoms with van der Waals surface area (Å²) in [4.78, 5) is 0. The van der Waals surface area contributed by atoms with E-state index in [4.69, 9.17) is 0 Å². The summed E-state index contributed by atoms with van der Waals surface area (Å²) >= 11 is 0. The molecule has 3 unspecified atom stereocenters. The first-order valence-electron chi connectivity index (χ1n) is 6.51. The van der Waals surface area contributed by atoms with Gasteiger partial charge in [0, 0.05) is 6.04 Å². The van der Waals surface area contributed by atoms with E-state index >= 15 is 0 Å². The first kappa shape index (κ1) is 12.0. The molecule has 0 aromatic rings. The average Bonchev–Trinajstić information content (AvgIpc) is 2.18. The molecule has 0 aromatic carbocycles. The van der Waals surface area contributed by atoms with Crippen LogP contribution in [0, 0.1) is 11.8 Å². The molecular formula is C13H27N. The van der Waals surface area contributed by atoms with Crippen molar-refractivity contribution < 1.29 is 0 Å². The Bertz CT molecular complexity index is 144. The van der Waals surface area contributed by atoms with E-state index in [1.807, 2.05) is 0 Å². The topological polar surface area (TPSA) is 12.0 Å². The van der Waals surface area contributed by atoms with Crippen LogP contribution in [0.25, 0.3) is 0 Å². The van der Waals surface area contributed by atoms with Crippen LogP contribution in [0.4, 0.5) is 0 Å². The summed E-state index contributed by atoms with van der Waals surface area (Å²) in [6.07, 6.45) is 8.50. The fraction of sp³-hybridized carbons (Fsp3) is 1.00. The van der Waals surface area contributed by atoms with E-state index in [-0.39, 0.29) is 0 Å². The second-order valence-corrected chi connectivity index (χ2v) is 4.98. The standard InChI is InChI=1S/C13H27N/c1-4-6-7-12-10-11(3)8-9-13(12)14-5-2/h11-14H,4-10H2,1-3H3. The van der Waals surface area contributed by atoms with Crippen molar-refractivity contribution in [2.24, 2.45) is 11.8 Å². The minimum atomic E-state index is 0.822. The van der Waals surface area contributed by atoms with Gasteiger partial charge in [-0.05, 0) is 44.1 Å². The van der Waals surface area contributed by atoms with Gasteiger partial charge in [-0.25, -0.2) is 0 Å². The third-order valence-electron chi connectivity index (χ3n) is 3.64. The summed E-state index contributed by atoms with van der Waals surface area (Å²) in [5.74, 6) is 1.92. The zero-order valence-corrected chi connectivity index (χ0v) is 10.2. The highest BCUT2D eigenvalue weighted by molar-refractivity contribution is 4.83. The molecule has 14 heavy (non-hydrogen) atoms. The van der Waals surface area contributed by atoms with Gasteiger partial charge in [-0.3, -0.25) is 0 Å². The molecule has 84 valence electrons. The number of rotatable bonds is 5. The first-order valence-corrected chi connectivity index (χ1v) is 6.51. The van der Waals surface area contributed by atoms with Crippen molar-refractivity contribution in [3.8, 4) is 0 Å². The molecule has 1 nitrogen and oxygen atoms in total. The van der Waals surface area contributed by atoms with E-state index < -0.39 is 0 Å². The third kappa shape index (κ3) is 3.61. The summed E-state index contributed by atoms with van der Waals surface area (Å²) < 4.78 is 0. The van der Waals surface area contributed by atoms with Gasteiger partial charge in [0.25, 0.3) is 0 Å². The Hall–Kier alpha value is -0.0400. The number of hydrogen-bond acceptors (Lipinski definition) is 1. The molecule has 1 N–H and O–H groups in total. The van der Waals surface area contributed by atoms with Crippen molar-refractivity contribution in [3.63, 3.8) is 0 Å². The van der Waals surface area contributed by atoms with E-state index in [9.17, 15) is 0 Å². The summed E-state index contributed by atoms with van der Waals surface area (Å²) in [5, 5.41) is 3.66. The van der Waals surface area contributed by atoms with Crippen molar-refractivity contribution in [1.29, 1.82) is 0 Å². The molecule has 1 aliphatic carbocycles. The maximum Gasteiger partial charge on any atom is 0.00954 e. The normalized spacial score (nSPS) is 33.2. The Morgan fingerprint density at radius 3 is 2.64 bits per heavy atom. The summed E-state index contributed by atoms with van der Waals surface area (Å²) in [5.41, 5.74) is 0. The number of unbranched alkanes of at least 4 members (excludes halogenated alkanes) is 1. The lowest BCUT2D eigenvalue weighted by Gasteiger charge is -2.35.